The van der Waals surface area contributed by atoms with E-state index in [-0.39, 0.29) is 6.10 Å². The summed E-state index contributed by atoms with van der Waals surface area (Å²) >= 11 is 0. The predicted octanol–water partition coefficient (Wildman–Crippen LogP) is 2.43. The van der Waals surface area contributed by atoms with E-state index < -0.39 is 0 Å². The number of nitrogens with two attached hydrogens (primary N) is 1. The first kappa shape index (κ1) is 12.3. The molecule has 1 aromatic heterocycles. The summed E-state index contributed by atoms with van der Waals surface area (Å²) in [5.74, 6) is 1.41. The van der Waals surface area contributed by atoms with Crippen LogP contribution in [-0.4, -0.2) is 17.1 Å². The number of nitrogen functional groups attached to an aromatic ring is 1. The number of nitrogens with zero attached hydrogens (tertiary/aromatic N) is 2. The van der Waals surface area contributed by atoms with Gasteiger partial charge in [-0.25, -0.2) is 9.97 Å². The molecule has 17 heavy (non-hydrogen) atoms. The van der Waals surface area contributed by atoms with Crippen LogP contribution in [0.5, 0.6) is 0 Å². The number of methoxy groups -OCH3 is 1. The first-order valence-electron chi connectivity index (χ1n) is 6.44. The van der Waals surface area contributed by atoms with Gasteiger partial charge in [0, 0.05) is 18.4 Å². The average molecular weight is 235 g/mol. The summed E-state index contributed by atoms with van der Waals surface area (Å²) in [7, 11) is 1.71. The van der Waals surface area contributed by atoms with Gasteiger partial charge in [-0.05, 0) is 32.1 Å². The number of ether oxygens (including phenoxy) is 1. The van der Waals surface area contributed by atoms with Crippen molar-refractivity contribution >= 4 is 5.82 Å². The molecule has 1 heterocycles. The highest BCUT2D eigenvalue weighted by Gasteiger charge is 2.20. The minimum atomic E-state index is -0.0190. The minimum absolute atomic E-state index is 0.0190. The molecule has 0 aromatic carbocycles. The van der Waals surface area contributed by atoms with E-state index in [1.165, 1.54) is 12.8 Å². The Morgan fingerprint density at radius 1 is 1.29 bits per heavy atom. The van der Waals surface area contributed by atoms with Crippen LogP contribution in [-0.2, 0) is 17.6 Å². The van der Waals surface area contributed by atoms with E-state index >= 15 is 0 Å². The topological polar surface area (TPSA) is 61.0 Å². The molecule has 0 spiro atoms. The van der Waals surface area contributed by atoms with E-state index in [1.54, 1.807) is 7.11 Å². The molecule has 1 unspecified atom stereocenters. The quantitative estimate of drug-likeness (QED) is 0.870. The van der Waals surface area contributed by atoms with Crippen molar-refractivity contribution in [3.05, 3.63) is 17.1 Å². The van der Waals surface area contributed by atoms with Crippen molar-refractivity contribution in [1.82, 2.24) is 9.97 Å². The van der Waals surface area contributed by atoms with Crippen LogP contribution < -0.4 is 5.73 Å². The first-order chi connectivity index (χ1) is 8.26. The molecular weight excluding hydrogens is 214 g/mol. The third kappa shape index (κ3) is 2.57. The third-order valence-electron chi connectivity index (χ3n) is 3.36. The Morgan fingerprint density at radius 2 is 2.06 bits per heavy atom. The van der Waals surface area contributed by atoms with Gasteiger partial charge in [0.05, 0.1) is 0 Å². The Balaban J connectivity index is 2.32. The second kappa shape index (κ2) is 5.45. The molecule has 4 nitrogen and oxygen atoms in total. The highest BCUT2D eigenvalue weighted by Crippen LogP contribution is 2.27. The van der Waals surface area contributed by atoms with Crippen LogP contribution in [0.1, 0.15) is 55.8 Å². The van der Waals surface area contributed by atoms with Gasteiger partial charge in [0.25, 0.3) is 0 Å². The molecule has 1 aliphatic carbocycles. The number of rotatable bonds is 4. The van der Waals surface area contributed by atoms with Crippen molar-refractivity contribution in [1.29, 1.82) is 0 Å². The lowest BCUT2D eigenvalue weighted by molar-refractivity contribution is 0.0874. The normalized spacial score (nSPS) is 16.6. The molecule has 0 fully saturated rings. The van der Waals surface area contributed by atoms with Crippen molar-refractivity contribution < 1.29 is 4.74 Å². The molecule has 0 bridgehead atoms. The lowest BCUT2D eigenvalue weighted by Gasteiger charge is -2.20. The Morgan fingerprint density at radius 3 is 2.76 bits per heavy atom. The van der Waals surface area contributed by atoms with Gasteiger partial charge in [-0.15, -0.1) is 0 Å². The minimum Gasteiger partial charge on any atom is -0.383 e. The molecular formula is C13H21N3O. The van der Waals surface area contributed by atoms with Crippen LogP contribution >= 0.6 is 0 Å². The van der Waals surface area contributed by atoms with Gasteiger partial charge in [0.1, 0.15) is 11.9 Å². The van der Waals surface area contributed by atoms with Crippen LogP contribution in [0.2, 0.25) is 0 Å². The number of anilines is 1. The smallest absolute Gasteiger partial charge is 0.159 e. The monoisotopic (exact) mass is 235 g/mol. The van der Waals surface area contributed by atoms with Gasteiger partial charge < -0.3 is 10.5 Å². The van der Waals surface area contributed by atoms with Gasteiger partial charge in [-0.2, -0.15) is 0 Å². The van der Waals surface area contributed by atoms with Crippen LogP contribution in [0.4, 0.5) is 5.82 Å². The largest absolute Gasteiger partial charge is 0.383 e. The summed E-state index contributed by atoms with van der Waals surface area (Å²) in [4.78, 5) is 9.07. The van der Waals surface area contributed by atoms with Crippen molar-refractivity contribution in [2.45, 2.75) is 51.6 Å². The van der Waals surface area contributed by atoms with E-state index in [0.29, 0.717) is 5.82 Å². The molecule has 1 aromatic rings. The highest BCUT2D eigenvalue weighted by molar-refractivity contribution is 5.43. The van der Waals surface area contributed by atoms with E-state index in [1.807, 2.05) is 0 Å². The Labute approximate surface area is 103 Å². The fourth-order valence-electron chi connectivity index (χ4n) is 2.40. The van der Waals surface area contributed by atoms with Crippen LogP contribution in [0.25, 0.3) is 0 Å². The van der Waals surface area contributed by atoms with E-state index in [2.05, 4.69) is 16.9 Å². The van der Waals surface area contributed by atoms with Crippen LogP contribution in [0.15, 0.2) is 0 Å². The number of fused-ring (bicyclic) bond motifs is 1. The Hall–Kier alpha value is -1.16. The van der Waals surface area contributed by atoms with Crippen LogP contribution in [0, 0.1) is 0 Å². The summed E-state index contributed by atoms with van der Waals surface area (Å²) in [6.07, 6.45) is 6.42. The van der Waals surface area contributed by atoms with Crippen molar-refractivity contribution in [3.8, 4) is 0 Å². The van der Waals surface area contributed by atoms with Crippen molar-refractivity contribution in [2.24, 2.45) is 0 Å². The fourth-order valence-corrected chi connectivity index (χ4v) is 2.40. The molecule has 0 amide bonds. The lowest BCUT2D eigenvalue weighted by Crippen LogP contribution is -2.16. The molecule has 1 aliphatic rings. The lowest BCUT2D eigenvalue weighted by atomic mass is 9.96. The molecule has 4 heteroatoms. The van der Waals surface area contributed by atoms with Gasteiger partial charge >= 0.3 is 0 Å². The maximum Gasteiger partial charge on any atom is 0.159 e. The fraction of sp³-hybridized carbons (Fsp3) is 0.692. The number of hydrogen-bond donors (Lipinski definition) is 1. The first-order valence-corrected chi connectivity index (χ1v) is 6.44. The molecule has 0 saturated heterocycles. The molecule has 0 radical (unpaired) electrons. The number of hydrogen-bond acceptors (Lipinski definition) is 4. The average Bonchev–Trinajstić information content (AvgIpc) is 2.36. The molecule has 94 valence electrons. The third-order valence-corrected chi connectivity index (χ3v) is 3.36. The predicted molar refractivity (Wildman–Crippen MR) is 67.7 cm³/mol. The van der Waals surface area contributed by atoms with Gasteiger partial charge in [0.2, 0.25) is 0 Å². The van der Waals surface area contributed by atoms with Crippen molar-refractivity contribution in [3.63, 3.8) is 0 Å². The van der Waals surface area contributed by atoms with E-state index in [0.717, 1.165) is 42.8 Å². The van der Waals surface area contributed by atoms with Gasteiger partial charge in [-0.1, -0.05) is 13.3 Å². The van der Waals surface area contributed by atoms with Crippen molar-refractivity contribution in [2.75, 3.05) is 12.8 Å². The second-order valence-corrected chi connectivity index (χ2v) is 4.61. The number of aromatic nitrogens is 2. The molecule has 2 rings (SSSR count). The SMILES string of the molecule is CCCC(OC)c1nc(N)c2c(n1)CCCC2. The molecule has 2 N–H and O–H groups in total. The highest BCUT2D eigenvalue weighted by atomic mass is 16.5. The summed E-state index contributed by atoms with van der Waals surface area (Å²) in [6.45, 7) is 2.13. The maximum absolute atomic E-state index is 6.02. The Kier molecular flexibility index (Phi) is 3.94. The summed E-state index contributed by atoms with van der Waals surface area (Å²) in [5, 5.41) is 0. The Bertz CT molecular complexity index is 392. The summed E-state index contributed by atoms with van der Waals surface area (Å²) < 4.78 is 5.44. The van der Waals surface area contributed by atoms with E-state index in [4.69, 9.17) is 10.5 Å². The zero-order valence-corrected chi connectivity index (χ0v) is 10.7. The van der Waals surface area contributed by atoms with Gasteiger partial charge in [0.15, 0.2) is 5.82 Å². The molecule has 1 atom stereocenters. The summed E-state index contributed by atoms with van der Waals surface area (Å²) in [5.41, 5.74) is 8.32. The van der Waals surface area contributed by atoms with Crippen LogP contribution in [0.3, 0.4) is 0 Å². The number of aryl methyl sites for hydroxylation is 1. The maximum atomic E-state index is 6.02. The zero-order chi connectivity index (χ0) is 12.3. The van der Waals surface area contributed by atoms with Gasteiger partial charge in [-0.3, -0.25) is 0 Å². The zero-order valence-electron chi connectivity index (χ0n) is 10.7. The second-order valence-electron chi connectivity index (χ2n) is 4.61. The summed E-state index contributed by atoms with van der Waals surface area (Å²) in [6, 6.07) is 0. The standard InChI is InChI=1S/C13H21N3O/c1-3-6-11(17-2)13-15-10-8-5-4-7-9(10)12(14)16-13/h11H,3-8H2,1-2H3,(H2,14,15,16). The van der Waals surface area contributed by atoms with E-state index in [9.17, 15) is 0 Å². The molecule has 0 saturated carbocycles. The molecule has 0 aliphatic heterocycles.